The molecular weight excluding hydrogens is 307 g/mol. The van der Waals surface area contributed by atoms with E-state index in [0.29, 0.717) is 4.47 Å². The molecule has 5 heteroatoms. The van der Waals surface area contributed by atoms with Crippen molar-refractivity contribution < 1.29 is 13.2 Å². The van der Waals surface area contributed by atoms with Crippen LogP contribution in [0.5, 0.6) is 0 Å². The maximum Gasteiger partial charge on any atom is 0.416 e. The second-order valence-electron chi connectivity index (χ2n) is 4.15. The van der Waals surface area contributed by atoms with E-state index < -0.39 is 11.7 Å². The molecule has 18 heavy (non-hydrogen) atoms. The Balaban J connectivity index is 3.03. The van der Waals surface area contributed by atoms with E-state index in [9.17, 15) is 13.2 Å². The molecule has 0 aliphatic heterocycles. The highest BCUT2D eigenvalue weighted by Crippen LogP contribution is 2.35. The van der Waals surface area contributed by atoms with Crippen molar-refractivity contribution >= 4 is 21.6 Å². The van der Waals surface area contributed by atoms with E-state index in [1.54, 1.807) is 0 Å². The van der Waals surface area contributed by atoms with Gasteiger partial charge in [0.1, 0.15) is 0 Å². The summed E-state index contributed by atoms with van der Waals surface area (Å²) in [5.74, 6) is 0. The van der Waals surface area contributed by atoms with Crippen LogP contribution in [-0.2, 0) is 6.18 Å². The molecule has 1 rings (SSSR count). The van der Waals surface area contributed by atoms with E-state index in [1.807, 2.05) is 0 Å². The highest BCUT2D eigenvalue weighted by atomic mass is 79.9. The number of hydrogen-bond acceptors (Lipinski definition) is 1. The zero-order valence-corrected chi connectivity index (χ0v) is 12.1. The summed E-state index contributed by atoms with van der Waals surface area (Å²) in [6, 6.07) is 3.82. The molecule has 0 saturated heterocycles. The molecule has 0 aliphatic carbocycles. The third-order valence-electron chi connectivity index (χ3n) is 2.60. The zero-order valence-electron chi connectivity index (χ0n) is 10.5. The van der Waals surface area contributed by atoms with Crippen molar-refractivity contribution in [2.24, 2.45) is 0 Å². The molecule has 0 amide bonds. The van der Waals surface area contributed by atoms with Gasteiger partial charge in [-0.15, -0.1) is 0 Å². The fourth-order valence-corrected chi connectivity index (χ4v) is 2.46. The predicted molar refractivity (Wildman–Crippen MR) is 71.9 cm³/mol. The van der Waals surface area contributed by atoms with Gasteiger partial charge in [-0.2, -0.15) is 13.2 Å². The monoisotopic (exact) mass is 323 g/mol. The van der Waals surface area contributed by atoms with Crippen LogP contribution >= 0.6 is 15.9 Å². The van der Waals surface area contributed by atoms with Gasteiger partial charge in [-0.05, 0) is 47.0 Å². The summed E-state index contributed by atoms with van der Waals surface area (Å²) in [5.41, 5.74) is 0.206. The zero-order chi connectivity index (χ0) is 13.8. The summed E-state index contributed by atoms with van der Waals surface area (Å²) in [7, 11) is 0. The Hall–Kier alpha value is -0.710. The minimum Gasteiger partial charge on any atom is -0.371 e. The van der Waals surface area contributed by atoms with Gasteiger partial charge in [0.2, 0.25) is 0 Å². The number of benzene rings is 1. The normalized spacial score (nSPS) is 11.7. The average molecular weight is 324 g/mol. The molecule has 0 aliphatic rings. The summed E-state index contributed by atoms with van der Waals surface area (Å²) in [5, 5.41) is 0. The molecule has 1 nitrogen and oxygen atoms in total. The van der Waals surface area contributed by atoms with Crippen molar-refractivity contribution in [1.29, 1.82) is 0 Å². The summed E-state index contributed by atoms with van der Waals surface area (Å²) in [6.45, 7) is 5.80. The lowest BCUT2D eigenvalue weighted by atomic mass is 10.2. The van der Waals surface area contributed by atoms with Crippen LogP contribution < -0.4 is 4.90 Å². The summed E-state index contributed by atoms with van der Waals surface area (Å²) in [6.07, 6.45) is -2.36. The van der Waals surface area contributed by atoms with Crippen molar-refractivity contribution in [1.82, 2.24) is 0 Å². The third-order valence-corrected chi connectivity index (χ3v) is 3.24. The highest BCUT2D eigenvalue weighted by molar-refractivity contribution is 9.10. The SMILES string of the molecule is CCCN(CCC)c1ccc(C(F)(F)F)cc1Br. The fraction of sp³-hybridized carbons (Fsp3) is 0.538. The molecule has 0 N–H and O–H groups in total. The average Bonchev–Trinajstić information content (AvgIpc) is 2.27. The molecule has 102 valence electrons. The Morgan fingerprint density at radius 2 is 1.67 bits per heavy atom. The van der Waals surface area contributed by atoms with Crippen LogP contribution in [0.1, 0.15) is 32.3 Å². The first-order valence-electron chi connectivity index (χ1n) is 6.01. The quantitative estimate of drug-likeness (QED) is 0.729. The third kappa shape index (κ3) is 3.90. The Morgan fingerprint density at radius 3 is 2.06 bits per heavy atom. The van der Waals surface area contributed by atoms with Crippen LogP contribution in [-0.4, -0.2) is 13.1 Å². The van der Waals surface area contributed by atoms with Gasteiger partial charge >= 0.3 is 6.18 Å². The van der Waals surface area contributed by atoms with Gasteiger partial charge in [0.05, 0.1) is 11.3 Å². The van der Waals surface area contributed by atoms with E-state index in [0.717, 1.165) is 43.8 Å². The Labute approximate surface area is 114 Å². The van der Waals surface area contributed by atoms with Crippen LogP contribution in [0.2, 0.25) is 0 Å². The van der Waals surface area contributed by atoms with Gasteiger partial charge < -0.3 is 4.90 Å². The van der Waals surface area contributed by atoms with Crippen molar-refractivity contribution in [3.63, 3.8) is 0 Å². The van der Waals surface area contributed by atoms with Gasteiger partial charge in [0, 0.05) is 17.6 Å². The summed E-state index contributed by atoms with van der Waals surface area (Å²) < 4.78 is 38.2. The molecule has 0 fully saturated rings. The number of alkyl halides is 3. The summed E-state index contributed by atoms with van der Waals surface area (Å²) >= 11 is 3.24. The lowest BCUT2D eigenvalue weighted by molar-refractivity contribution is -0.137. The van der Waals surface area contributed by atoms with Crippen molar-refractivity contribution in [2.75, 3.05) is 18.0 Å². The highest BCUT2D eigenvalue weighted by Gasteiger charge is 2.31. The van der Waals surface area contributed by atoms with Crippen LogP contribution in [0.15, 0.2) is 22.7 Å². The lowest BCUT2D eigenvalue weighted by Crippen LogP contribution is -2.25. The molecule has 1 aromatic rings. The van der Waals surface area contributed by atoms with E-state index in [-0.39, 0.29) is 0 Å². The molecule has 0 spiro atoms. The molecule has 0 saturated carbocycles. The van der Waals surface area contributed by atoms with Gasteiger partial charge in [0.25, 0.3) is 0 Å². The molecule has 1 aromatic carbocycles. The van der Waals surface area contributed by atoms with Crippen LogP contribution in [0.25, 0.3) is 0 Å². The fourth-order valence-electron chi connectivity index (χ4n) is 1.83. The smallest absolute Gasteiger partial charge is 0.371 e. The second-order valence-corrected chi connectivity index (χ2v) is 5.01. The number of hydrogen-bond donors (Lipinski definition) is 0. The molecule has 0 radical (unpaired) electrons. The Kier molecular flexibility index (Phi) is 5.50. The van der Waals surface area contributed by atoms with Crippen molar-refractivity contribution in [3.05, 3.63) is 28.2 Å². The van der Waals surface area contributed by atoms with Gasteiger partial charge in [-0.25, -0.2) is 0 Å². The van der Waals surface area contributed by atoms with Crippen LogP contribution in [0, 0.1) is 0 Å². The van der Waals surface area contributed by atoms with E-state index in [2.05, 4.69) is 34.7 Å². The number of halogens is 4. The van der Waals surface area contributed by atoms with Crippen molar-refractivity contribution in [2.45, 2.75) is 32.9 Å². The van der Waals surface area contributed by atoms with E-state index >= 15 is 0 Å². The van der Waals surface area contributed by atoms with Crippen LogP contribution in [0.3, 0.4) is 0 Å². The maximum absolute atomic E-state index is 12.6. The van der Waals surface area contributed by atoms with E-state index in [4.69, 9.17) is 0 Å². The molecule has 0 atom stereocenters. The molecular formula is C13H17BrF3N. The lowest BCUT2D eigenvalue weighted by Gasteiger charge is -2.25. The predicted octanol–water partition coefficient (Wildman–Crippen LogP) is 5.09. The van der Waals surface area contributed by atoms with Gasteiger partial charge in [0.15, 0.2) is 0 Å². The Bertz CT molecular complexity index is 384. The minimum atomic E-state index is -4.29. The largest absolute Gasteiger partial charge is 0.416 e. The summed E-state index contributed by atoms with van der Waals surface area (Å²) in [4.78, 5) is 2.10. The molecule has 0 unspecified atom stereocenters. The second kappa shape index (κ2) is 6.45. The first-order chi connectivity index (χ1) is 8.40. The van der Waals surface area contributed by atoms with Crippen LogP contribution in [0.4, 0.5) is 18.9 Å². The maximum atomic E-state index is 12.6. The first-order valence-corrected chi connectivity index (χ1v) is 6.81. The standard InChI is InChI=1S/C13H17BrF3N/c1-3-7-18(8-4-2)12-6-5-10(9-11(12)14)13(15,16)17/h5-6,9H,3-4,7-8H2,1-2H3. The molecule has 0 aromatic heterocycles. The Morgan fingerprint density at radius 1 is 1.11 bits per heavy atom. The van der Waals surface area contributed by atoms with Gasteiger partial charge in [-0.1, -0.05) is 13.8 Å². The van der Waals surface area contributed by atoms with Gasteiger partial charge in [-0.3, -0.25) is 0 Å². The van der Waals surface area contributed by atoms with E-state index in [1.165, 1.54) is 6.07 Å². The number of rotatable bonds is 5. The minimum absolute atomic E-state index is 0.499. The topological polar surface area (TPSA) is 3.24 Å². The first kappa shape index (κ1) is 15.3. The number of anilines is 1. The molecule has 0 heterocycles. The van der Waals surface area contributed by atoms with Crippen molar-refractivity contribution in [3.8, 4) is 0 Å². The molecule has 0 bridgehead atoms. The number of nitrogens with zero attached hydrogens (tertiary/aromatic N) is 1.